The number of carbonyl (C=O) groups is 3. The predicted molar refractivity (Wildman–Crippen MR) is 199 cm³/mol. The Morgan fingerprint density at radius 3 is 2.48 bits per heavy atom. The van der Waals surface area contributed by atoms with Crippen LogP contribution in [0.4, 0.5) is 17.2 Å². The Bertz CT molecular complexity index is 2000. The monoisotopic (exact) mass is 754 g/mol. The number of piperidine rings is 2. The van der Waals surface area contributed by atoms with Gasteiger partial charge in [0.2, 0.25) is 5.91 Å². The zero-order chi connectivity index (χ0) is 37.3. The molecule has 2 N–H and O–H groups in total. The molecule has 3 aromatic rings. The summed E-state index contributed by atoms with van der Waals surface area (Å²) in [7, 11) is 0. The molecule has 54 heavy (non-hydrogen) atoms. The highest BCUT2D eigenvalue weighted by Gasteiger charge is 2.44. The average molecular weight is 755 g/mol. The second-order valence-electron chi connectivity index (χ2n) is 14.4. The first-order chi connectivity index (χ1) is 26.2. The van der Waals surface area contributed by atoms with Crippen molar-refractivity contribution in [3.63, 3.8) is 0 Å². The number of imide groups is 1. The van der Waals surface area contributed by atoms with E-state index in [1.807, 2.05) is 18.2 Å². The first kappa shape index (κ1) is 36.0. The minimum absolute atomic E-state index is 0.0341. The van der Waals surface area contributed by atoms with Gasteiger partial charge in [0, 0.05) is 42.6 Å². The molecular formula is C39H42N6O8S. The van der Waals surface area contributed by atoms with Crippen LogP contribution in [0.25, 0.3) is 0 Å². The zero-order valence-electron chi connectivity index (χ0n) is 29.8. The van der Waals surface area contributed by atoms with Gasteiger partial charge in [-0.3, -0.25) is 29.4 Å². The molecule has 14 nitrogen and oxygen atoms in total. The highest BCUT2D eigenvalue weighted by molar-refractivity contribution is 7.99. The van der Waals surface area contributed by atoms with E-state index in [1.54, 1.807) is 18.2 Å². The van der Waals surface area contributed by atoms with Gasteiger partial charge in [0.1, 0.15) is 35.7 Å². The van der Waals surface area contributed by atoms with E-state index in [0.717, 1.165) is 85.8 Å². The number of rotatable bonds is 13. The van der Waals surface area contributed by atoms with Gasteiger partial charge in [0.25, 0.3) is 17.5 Å². The summed E-state index contributed by atoms with van der Waals surface area (Å²) in [5.41, 5.74) is 2.04. The number of nitrogens with zero attached hydrogens (tertiary/aromatic N) is 4. The number of allylic oxidation sites excluding steroid dienone is 1. The first-order valence-corrected chi connectivity index (χ1v) is 19.4. The van der Waals surface area contributed by atoms with E-state index in [2.05, 4.69) is 27.1 Å². The minimum atomic E-state index is -0.829. The Kier molecular flexibility index (Phi) is 10.3. The third-order valence-corrected chi connectivity index (χ3v) is 11.7. The Morgan fingerprint density at radius 2 is 1.69 bits per heavy atom. The van der Waals surface area contributed by atoms with E-state index in [-0.39, 0.29) is 35.5 Å². The molecule has 0 radical (unpaired) electrons. The number of nitrogens with one attached hydrogen (secondary N) is 2. The minimum Gasteiger partial charge on any atom is -0.494 e. The number of ether oxygens (including phenoxy) is 3. The molecule has 1 saturated carbocycles. The number of anilines is 2. The molecule has 1 aromatic heterocycles. The molecule has 282 valence electrons. The average Bonchev–Trinajstić information content (AvgIpc) is 3.39. The largest absolute Gasteiger partial charge is 0.494 e. The molecule has 4 aliphatic heterocycles. The molecule has 2 saturated heterocycles. The number of pyridine rings is 1. The van der Waals surface area contributed by atoms with Crippen LogP contribution in [-0.4, -0.2) is 88.0 Å². The summed E-state index contributed by atoms with van der Waals surface area (Å²) >= 11 is 1.45. The SMILES string of the molecule is C=C1CCC(N2C(=O)c3ccc(OCCCCCN4CCC(O[C@H]5C[C@H](Oc6ccc7c(c6)Sc6cc([N+](=O)[O-])cnc6N7)C5)CC4)cc3C2=O)C(=O)N1. The van der Waals surface area contributed by atoms with E-state index >= 15 is 0 Å². The summed E-state index contributed by atoms with van der Waals surface area (Å²) in [5, 5.41) is 17.1. The third kappa shape index (κ3) is 7.66. The predicted octanol–water partition coefficient (Wildman–Crippen LogP) is 6.23. The Morgan fingerprint density at radius 1 is 0.889 bits per heavy atom. The summed E-state index contributed by atoms with van der Waals surface area (Å²) in [6, 6.07) is 11.5. The van der Waals surface area contributed by atoms with Gasteiger partial charge in [-0.05, 0) is 87.9 Å². The molecular weight excluding hydrogens is 713 g/mol. The van der Waals surface area contributed by atoms with Gasteiger partial charge in [0.15, 0.2) is 0 Å². The number of fused-ring (bicyclic) bond motifs is 3. The normalized spacial score (nSPS) is 22.4. The maximum atomic E-state index is 13.1. The van der Waals surface area contributed by atoms with Crippen molar-refractivity contribution in [3.8, 4) is 11.5 Å². The number of amides is 3. The maximum absolute atomic E-state index is 13.1. The third-order valence-electron chi connectivity index (χ3n) is 10.7. The quantitative estimate of drug-likeness (QED) is 0.0686. The van der Waals surface area contributed by atoms with Crippen molar-refractivity contribution in [3.05, 3.63) is 82.2 Å². The Hall–Kier alpha value is -4.99. The van der Waals surface area contributed by atoms with Crippen molar-refractivity contribution in [1.82, 2.24) is 20.1 Å². The van der Waals surface area contributed by atoms with E-state index in [0.29, 0.717) is 47.2 Å². The fourth-order valence-electron chi connectivity index (χ4n) is 7.60. The lowest BCUT2D eigenvalue weighted by Gasteiger charge is -2.40. The summed E-state index contributed by atoms with van der Waals surface area (Å²) in [4.78, 5) is 58.7. The van der Waals surface area contributed by atoms with Crippen molar-refractivity contribution in [1.29, 1.82) is 0 Å². The molecule has 8 rings (SSSR count). The molecule has 3 amide bonds. The van der Waals surface area contributed by atoms with Gasteiger partial charge in [-0.15, -0.1) is 0 Å². The standard InChI is InChI=1S/C39H42N6O8S/c1-23-5-10-33(37(46)41-23)44-38(47)30-8-6-26(20-31(30)39(44)48)51-16-4-2-3-13-43-14-11-25(12-15-43)52-28-18-29(19-28)53-27-7-9-32-34(21-27)54-35-17-24(45(49)50)22-40-36(35)42-32/h6-9,17,20-22,25,28-29,33H,1-5,10-16,18-19H2,(H,40,42)(H,41,46)/t28-,29-,33?. The van der Waals surface area contributed by atoms with Crippen molar-refractivity contribution < 1.29 is 33.5 Å². The molecule has 3 fully saturated rings. The highest BCUT2D eigenvalue weighted by Crippen LogP contribution is 2.46. The number of unbranched alkanes of at least 4 members (excludes halogenated alkanes) is 2. The number of carbonyl (C=O) groups excluding carboxylic acids is 3. The van der Waals surface area contributed by atoms with Crippen LogP contribution in [0.2, 0.25) is 0 Å². The van der Waals surface area contributed by atoms with E-state index in [4.69, 9.17) is 14.2 Å². The maximum Gasteiger partial charge on any atom is 0.288 e. The lowest BCUT2D eigenvalue weighted by molar-refractivity contribution is -0.385. The topological polar surface area (TPSA) is 165 Å². The van der Waals surface area contributed by atoms with Gasteiger partial charge in [-0.25, -0.2) is 4.98 Å². The van der Waals surface area contributed by atoms with Crippen molar-refractivity contribution in [2.45, 2.75) is 91.9 Å². The Balaban J connectivity index is 0.696. The molecule has 1 unspecified atom stereocenters. The molecule has 15 heteroatoms. The molecule has 0 spiro atoms. The van der Waals surface area contributed by atoms with Gasteiger partial charge in [-0.2, -0.15) is 0 Å². The molecule has 1 aliphatic carbocycles. The van der Waals surface area contributed by atoms with Crippen LogP contribution in [0.1, 0.15) is 78.5 Å². The van der Waals surface area contributed by atoms with E-state index in [1.165, 1.54) is 24.0 Å². The van der Waals surface area contributed by atoms with Crippen LogP contribution in [0.5, 0.6) is 11.5 Å². The second kappa shape index (κ2) is 15.4. The summed E-state index contributed by atoms with van der Waals surface area (Å²) in [6.45, 7) is 7.36. The zero-order valence-corrected chi connectivity index (χ0v) is 30.6. The summed E-state index contributed by atoms with van der Waals surface area (Å²) < 4.78 is 18.6. The van der Waals surface area contributed by atoms with E-state index in [9.17, 15) is 24.5 Å². The number of benzene rings is 2. The Labute approximate surface area is 316 Å². The van der Waals surface area contributed by atoms with Gasteiger partial charge in [-0.1, -0.05) is 18.3 Å². The van der Waals surface area contributed by atoms with Crippen LogP contribution in [0, 0.1) is 10.1 Å². The molecule has 5 heterocycles. The van der Waals surface area contributed by atoms with Crippen LogP contribution in [0.15, 0.2) is 70.7 Å². The molecule has 5 aliphatic rings. The van der Waals surface area contributed by atoms with Gasteiger partial charge < -0.3 is 29.7 Å². The smallest absolute Gasteiger partial charge is 0.288 e. The van der Waals surface area contributed by atoms with Crippen LogP contribution >= 0.6 is 11.8 Å². The van der Waals surface area contributed by atoms with Crippen molar-refractivity contribution in [2.75, 3.05) is 31.6 Å². The first-order valence-electron chi connectivity index (χ1n) is 18.6. The van der Waals surface area contributed by atoms with Gasteiger partial charge >= 0.3 is 0 Å². The van der Waals surface area contributed by atoms with Crippen LogP contribution < -0.4 is 20.1 Å². The highest BCUT2D eigenvalue weighted by atomic mass is 32.2. The molecule has 0 bridgehead atoms. The summed E-state index contributed by atoms with van der Waals surface area (Å²) in [6.07, 6.45) is 9.46. The van der Waals surface area contributed by atoms with E-state index < -0.39 is 22.8 Å². The molecule has 2 aromatic carbocycles. The number of likely N-dealkylation sites (tertiary alicyclic amines) is 1. The lowest BCUT2D eigenvalue weighted by Crippen LogP contribution is -2.51. The second-order valence-corrected chi connectivity index (χ2v) is 15.5. The number of hydrogen-bond acceptors (Lipinski definition) is 12. The fraction of sp³-hybridized carbons (Fsp3) is 0.436. The fourth-order valence-corrected chi connectivity index (χ4v) is 8.62. The van der Waals surface area contributed by atoms with Gasteiger partial charge in [0.05, 0.1) is 45.4 Å². The number of hydrogen-bond donors (Lipinski definition) is 2. The molecule has 1 atom stereocenters. The van der Waals surface area contributed by atoms with Crippen LogP contribution in [-0.2, 0) is 9.53 Å². The van der Waals surface area contributed by atoms with Crippen LogP contribution in [0.3, 0.4) is 0 Å². The lowest BCUT2D eigenvalue weighted by atomic mass is 9.91. The van der Waals surface area contributed by atoms with Crippen molar-refractivity contribution >= 4 is 46.7 Å². The number of nitro groups is 1. The summed E-state index contributed by atoms with van der Waals surface area (Å²) in [5.74, 6) is 0.645. The number of aromatic nitrogens is 1. The van der Waals surface area contributed by atoms with Crippen molar-refractivity contribution in [2.24, 2.45) is 0 Å².